The molecule has 1 aliphatic heterocycles. The molecule has 0 spiro atoms. The first-order valence-electron chi connectivity index (χ1n) is 10.9. The van der Waals surface area contributed by atoms with Crippen LogP contribution in [0.1, 0.15) is 6.42 Å². The number of ether oxygens (including phenoxy) is 1. The molecule has 1 fully saturated rings. The van der Waals surface area contributed by atoms with E-state index < -0.39 is 0 Å². The zero-order valence-electron chi connectivity index (χ0n) is 18.4. The van der Waals surface area contributed by atoms with Crippen LogP contribution in [0.15, 0.2) is 55.1 Å². The minimum atomic E-state index is 0.526. The van der Waals surface area contributed by atoms with Gasteiger partial charge in [-0.25, -0.2) is 9.97 Å². The fraction of sp³-hybridized carbons (Fsp3) is 0.292. The molecule has 5 rings (SSSR count). The summed E-state index contributed by atoms with van der Waals surface area (Å²) in [6.07, 6.45) is 8.65. The van der Waals surface area contributed by atoms with Gasteiger partial charge < -0.3 is 24.8 Å². The molecular formula is C24H27N7O. The monoisotopic (exact) mass is 429 g/mol. The van der Waals surface area contributed by atoms with Crippen LogP contribution < -0.4 is 20.3 Å². The molecule has 2 N–H and O–H groups in total. The zero-order valence-corrected chi connectivity index (χ0v) is 18.4. The quantitative estimate of drug-likeness (QED) is 0.502. The van der Waals surface area contributed by atoms with Gasteiger partial charge >= 0.3 is 0 Å². The van der Waals surface area contributed by atoms with Crippen molar-refractivity contribution in [3.05, 3.63) is 55.1 Å². The summed E-state index contributed by atoms with van der Waals surface area (Å²) in [6, 6.07) is 10.2. The lowest BCUT2D eigenvalue weighted by molar-refractivity contribution is 0.416. The van der Waals surface area contributed by atoms with Crippen molar-refractivity contribution < 1.29 is 4.74 Å². The number of methoxy groups -OCH3 is 1. The zero-order chi connectivity index (χ0) is 21.9. The van der Waals surface area contributed by atoms with Crippen molar-refractivity contribution in [2.24, 2.45) is 7.05 Å². The van der Waals surface area contributed by atoms with Crippen molar-refractivity contribution in [3.63, 3.8) is 0 Å². The van der Waals surface area contributed by atoms with Crippen LogP contribution in [0.2, 0.25) is 0 Å². The lowest BCUT2D eigenvalue weighted by Crippen LogP contribution is -2.27. The second-order valence-corrected chi connectivity index (χ2v) is 7.91. The molecule has 0 bridgehead atoms. The molecular weight excluding hydrogens is 402 g/mol. The van der Waals surface area contributed by atoms with Gasteiger partial charge in [-0.15, -0.1) is 0 Å². The summed E-state index contributed by atoms with van der Waals surface area (Å²) in [7, 11) is 3.70. The standard InChI is InChI=1S/C24H27N7O/c1-30-16-19(18-6-9-26-15-22(18)30)20-7-10-27-24(28-20)29-21-5-4-17(14-23(21)32-2)31-12-3-8-25-11-13-31/h4-7,9-10,14-16,25H,3,8,11-13H2,1-2H3,(H,27,28,29). The van der Waals surface area contributed by atoms with Crippen LogP contribution in [0.4, 0.5) is 17.3 Å². The van der Waals surface area contributed by atoms with Crippen molar-refractivity contribution in [2.75, 3.05) is 43.5 Å². The second kappa shape index (κ2) is 8.84. The van der Waals surface area contributed by atoms with Crippen LogP contribution in [0.5, 0.6) is 5.75 Å². The molecule has 1 aromatic carbocycles. The lowest BCUT2D eigenvalue weighted by atomic mass is 10.1. The Morgan fingerprint density at radius 2 is 2.03 bits per heavy atom. The average Bonchev–Trinajstić information content (AvgIpc) is 2.99. The average molecular weight is 430 g/mol. The van der Waals surface area contributed by atoms with E-state index in [1.54, 1.807) is 19.5 Å². The number of anilines is 3. The molecule has 0 saturated carbocycles. The van der Waals surface area contributed by atoms with E-state index in [-0.39, 0.29) is 0 Å². The lowest BCUT2D eigenvalue weighted by Gasteiger charge is -2.23. The maximum atomic E-state index is 5.69. The Morgan fingerprint density at radius 1 is 1.09 bits per heavy atom. The molecule has 0 aliphatic carbocycles. The molecule has 1 aliphatic rings. The summed E-state index contributed by atoms with van der Waals surface area (Å²) in [5, 5.41) is 7.89. The fourth-order valence-corrected chi connectivity index (χ4v) is 4.20. The van der Waals surface area contributed by atoms with Gasteiger partial charge in [0, 0.05) is 68.0 Å². The van der Waals surface area contributed by atoms with E-state index >= 15 is 0 Å². The number of benzene rings is 1. The molecule has 3 aromatic heterocycles. The Hall–Kier alpha value is -3.65. The van der Waals surface area contributed by atoms with Gasteiger partial charge in [-0.2, -0.15) is 0 Å². The van der Waals surface area contributed by atoms with Gasteiger partial charge in [0.2, 0.25) is 5.95 Å². The first kappa shape index (κ1) is 20.3. The van der Waals surface area contributed by atoms with Crippen LogP contribution in [-0.4, -0.2) is 52.8 Å². The number of fused-ring (bicyclic) bond motifs is 1. The van der Waals surface area contributed by atoms with Crippen LogP contribution in [-0.2, 0) is 7.05 Å². The Labute approximate surface area is 187 Å². The van der Waals surface area contributed by atoms with Gasteiger partial charge in [-0.05, 0) is 37.2 Å². The van der Waals surface area contributed by atoms with E-state index in [1.807, 2.05) is 31.4 Å². The summed E-state index contributed by atoms with van der Waals surface area (Å²) in [6.45, 7) is 4.08. The number of hydrogen-bond donors (Lipinski definition) is 2. The smallest absolute Gasteiger partial charge is 0.227 e. The summed E-state index contributed by atoms with van der Waals surface area (Å²) in [5.74, 6) is 1.29. The first-order valence-corrected chi connectivity index (χ1v) is 10.9. The van der Waals surface area contributed by atoms with Gasteiger partial charge in [-0.3, -0.25) is 4.98 Å². The van der Waals surface area contributed by atoms with E-state index in [1.165, 1.54) is 0 Å². The highest BCUT2D eigenvalue weighted by atomic mass is 16.5. The highest BCUT2D eigenvalue weighted by Gasteiger charge is 2.14. The minimum Gasteiger partial charge on any atom is -0.494 e. The third-order valence-electron chi connectivity index (χ3n) is 5.86. The molecule has 0 amide bonds. The number of aromatic nitrogens is 4. The van der Waals surface area contributed by atoms with Crippen molar-refractivity contribution in [1.29, 1.82) is 0 Å². The summed E-state index contributed by atoms with van der Waals surface area (Å²) in [5.41, 5.74) is 4.97. The number of hydrogen-bond acceptors (Lipinski definition) is 7. The first-order chi connectivity index (χ1) is 15.7. The number of rotatable bonds is 5. The molecule has 32 heavy (non-hydrogen) atoms. The Balaban J connectivity index is 1.43. The maximum Gasteiger partial charge on any atom is 0.227 e. The largest absolute Gasteiger partial charge is 0.494 e. The molecule has 8 heteroatoms. The van der Waals surface area contributed by atoms with Gasteiger partial charge in [0.25, 0.3) is 0 Å². The number of nitrogens with zero attached hydrogens (tertiary/aromatic N) is 5. The van der Waals surface area contributed by atoms with E-state index in [0.717, 1.165) is 71.9 Å². The van der Waals surface area contributed by atoms with Crippen LogP contribution in [0.25, 0.3) is 22.2 Å². The molecule has 4 aromatic rings. The van der Waals surface area contributed by atoms with Crippen LogP contribution in [0.3, 0.4) is 0 Å². The number of pyridine rings is 1. The van der Waals surface area contributed by atoms with Crippen molar-refractivity contribution in [3.8, 4) is 17.0 Å². The van der Waals surface area contributed by atoms with Crippen molar-refractivity contribution in [1.82, 2.24) is 24.8 Å². The second-order valence-electron chi connectivity index (χ2n) is 7.91. The predicted molar refractivity (Wildman–Crippen MR) is 128 cm³/mol. The predicted octanol–water partition coefficient (Wildman–Crippen LogP) is 3.58. The molecule has 4 heterocycles. The minimum absolute atomic E-state index is 0.526. The molecule has 1 saturated heterocycles. The van der Waals surface area contributed by atoms with Crippen LogP contribution >= 0.6 is 0 Å². The van der Waals surface area contributed by atoms with Crippen LogP contribution in [0, 0.1) is 0 Å². The molecule has 0 radical (unpaired) electrons. The maximum absolute atomic E-state index is 5.69. The molecule has 0 atom stereocenters. The van der Waals surface area contributed by atoms with Gasteiger partial charge in [0.1, 0.15) is 5.75 Å². The normalized spacial score (nSPS) is 14.4. The van der Waals surface area contributed by atoms with Gasteiger partial charge in [-0.1, -0.05) is 0 Å². The van der Waals surface area contributed by atoms with E-state index in [4.69, 9.17) is 9.72 Å². The third kappa shape index (κ3) is 3.97. The van der Waals surface area contributed by atoms with Gasteiger partial charge in [0.05, 0.1) is 30.2 Å². The van der Waals surface area contributed by atoms with E-state index in [0.29, 0.717) is 5.95 Å². The highest BCUT2D eigenvalue weighted by Crippen LogP contribution is 2.33. The summed E-state index contributed by atoms with van der Waals surface area (Å²) >= 11 is 0. The topological polar surface area (TPSA) is 80.1 Å². The van der Waals surface area contributed by atoms with Crippen molar-refractivity contribution >= 4 is 28.2 Å². The number of aryl methyl sites for hydroxylation is 1. The van der Waals surface area contributed by atoms with E-state index in [9.17, 15) is 0 Å². The summed E-state index contributed by atoms with van der Waals surface area (Å²) < 4.78 is 7.75. The number of nitrogens with one attached hydrogen (secondary N) is 2. The molecule has 164 valence electrons. The Kier molecular flexibility index (Phi) is 5.60. The third-order valence-corrected chi connectivity index (χ3v) is 5.86. The summed E-state index contributed by atoms with van der Waals surface area (Å²) in [4.78, 5) is 15.8. The fourth-order valence-electron chi connectivity index (χ4n) is 4.20. The van der Waals surface area contributed by atoms with Gasteiger partial charge in [0.15, 0.2) is 0 Å². The van der Waals surface area contributed by atoms with E-state index in [2.05, 4.69) is 48.4 Å². The van der Waals surface area contributed by atoms with Crippen molar-refractivity contribution in [2.45, 2.75) is 6.42 Å². The Morgan fingerprint density at radius 3 is 2.94 bits per heavy atom. The molecule has 8 nitrogen and oxygen atoms in total. The molecule has 0 unspecified atom stereocenters. The highest BCUT2D eigenvalue weighted by molar-refractivity contribution is 5.94. The Bertz CT molecular complexity index is 1230. The SMILES string of the molecule is COc1cc(N2CCCNCC2)ccc1Nc1nccc(-c2cn(C)c3cnccc23)n1.